The molecule has 0 saturated heterocycles. The number of aromatic nitrogens is 4. The monoisotopic (exact) mass is 383 g/mol. The molecule has 29 heavy (non-hydrogen) atoms. The summed E-state index contributed by atoms with van der Waals surface area (Å²) in [5, 5.41) is 7.86. The summed E-state index contributed by atoms with van der Waals surface area (Å²) in [7, 11) is 0. The number of hydrogen-bond donors (Lipinski definition) is 2. The third-order valence-corrected chi connectivity index (χ3v) is 5.80. The lowest BCUT2D eigenvalue weighted by atomic mass is 10.2. The number of amides is 1. The lowest BCUT2D eigenvalue weighted by Gasteiger charge is -2.09. The molecule has 0 radical (unpaired) electrons. The zero-order chi connectivity index (χ0) is 19.4. The van der Waals surface area contributed by atoms with Crippen molar-refractivity contribution in [3.05, 3.63) is 71.8 Å². The molecule has 6 heteroatoms. The van der Waals surface area contributed by atoms with Crippen molar-refractivity contribution < 1.29 is 4.79 Å². The largest absolute Gasteiger partial charge is 0.345 e. The van der Waals surface area contributed by atoms with Crippen molar-refractivity contribution >= 4 is 22.6 Å². The van der Waals surface area contributed by atoms with Gasteiger partial charge in [-0.25, -0.2) is 9.67 Å². The van der Waals surface area contributed by atoms with Crippen LogP contribution in [0.15, 0.2) is 54.9 Å². The lowest BCUT2D eigenvalue weighted by molar-refractivity contribution is 0.102. The van der Waals surface area contributed by atoms with Gasteiger partial charge >= 0.3 is 0 Å². The molecule has 2 N–H and O–H groups in total. The Kier molecular flexibility index (Phi) is 3.59. The van der Waals surface area contributed by atoms with Crippen molar-refractivity contribution in [2.45, 2.75) is 37.5 Å². The highest BCUT2D eigenvalue weighted by Crippen LogP contribution is 2.45. The number of carbonyl (C=O) groups excluding carboxylic acids is 1. The number of nitrogens with zero attached hydrogens (tertiary/aromatic N) is 3. The highest BCUT2D eigenvalue weighted by atomic mass is 16.1. The molecule has 0 bridgehead atoms. The van der Waals surface area contributed by atoms with E-state index >= 15 is 0 Å². The standard InChI is InChI=1S/C23H21N5O/c29-23(16-5-10-19-21(11-16)25-13-24-19)26-17-6-8-18(9-7-17)28-22(15-3-4-15)12-20(27-28)14-1-2-14/h5-15H,1-4H2,(H,24,25)(H,26,29). The van der Waals surface area contributed by atoms with Gasteiger partial charge in [0.05, 0.1) is 28.7 Å². The number of nitrogens with one attached hydrogen (secondary N) is 2. The predicted octanol–water partition coefficient (Wildman–Crippen LogP) is 4.76. The minimum Gasteiger partial charge on any atom is -0.345 e. The van der Waals surface area contributed by atoms with Crippen molar-refractivity contribution in [2.75, 3.05) is 5.32 Å². The molecule has 2 aromatic heterocycles. The molecule has 144 valence electrons. The van der Waals surface area contributed by atoms with E-state index in [4.69, 9.17) is 5.10 Å². The summed E-state index contributed by atoms with van der Waals surface area (Å²) in [6, 6.07) is 15.7. The van der Waals surface area contributed by atoms with Gasteiger partial charge < -0.3 is 10.3 Å². The summed E-state index contributed by atoms with van der Waals surface area (Å²) in [6.45, 7) is 0. The fraction of sp³-hybridized carbons (Fsp3) is 0.261. The Labute approximate surface area is 168 Å². The quantitative estimate of drug-likeness (QED) is 0.522. The maximum absolute atomic E-state index is 12.6. The second kappa shape index (κ2) is 6.30. The third kappa shape index (κ3) is 3.10. The van der Waals surface area contributed by atoms with Crippen molar-refractivity contribution in [3.63, 3.8) is 0 Å². The Morgan fingerprint density at radius 3 is 2.55 bits per heavy atom. The minimum atomic E-state index is -0.136. The molecule has 2 fully saturated rings. The molecule has 0 spiro atoms. The molecule has 1 amide bonds. The summed E-state index contributed by atoms with van der Waals surface area (Å²) in [5.74, 6) is 1.16. The van der Waals surface area contributed by atoms with Gasteiger partial charge in [0.2, 0.25) is 0 Å². The number of fused-ring (bicyclic) bond motifs is 1. The molecule has 2 saturated carbocycles. The van der Waals surface area contributed by atoms with Crippen molar-refractivity contribution in [1.29, 1.82) is 0 Å². The first-order valence-corrected chi connectivity index (χ1v) is 10.2. The molecule has 2 aromatic carbocycles. The molecule has 0 atom stereocenters. The van der Waals surface area contributed by atoms with Gasteiger partial charge in [-0.05, 0) is 74.2 Å². The molecule has 0 unspecified atom stereocenters. The van der Waals surface area contributed by atoms with Crippen LogP contribution in [0.1, 0.15) is 59.3 Å². The van der Waals surface area contributed by atoms with Gasteiger partial charge in [0, 0.05) is 28.8 Å². The molecule has 2 aliphatic carbocycles. The van der Waals surface area contributed by atoms with E-state index in [9.17, 15) is 4.79 Å². The van der Waals surface area contributed by atoms with Crippen LogP contribution in [0.2, 0.25) is 0 Å². The molecule has 6 rings (SSSR count). The van der Waals surface area contributed by atoms with Crippen LogP contribution in [0.4, 0.5) is 5.69 Å². The molecule has 0 aliphatic heterocycles. The van der Waals surface area contributed by atoms with E-state index < -0.39 is 0 Å². The zero-order valence-electron chi connectivity index (χ0n) is 15.9. The SMILES string of the molecule is O=C(Nc1ccc(-n2nc(C3CC3)cc2C2CC2)cc1)c1ccc2nc[nH]c2c1. The number of aromatic amines is 1. The van der Waals surface area contributed by atoms with Crippen LogP contribution in [0.3, 0.4) is 0 Å². The van der Waals surface area contributed by atoms with E-state index in [-0.39, 0.29) is 5.91 Å². The highest BCUT2D eigenvalue weighted by molar-refractivity contribution is 6.05. The molecular weight excluding hydrogens is 362 g/mol. The van der Waals surface area contributed by atoms with Gasteiger partial charge in [0.15, 0.2) is 0 Å². The van der Waals surface area contributed by atoms with E-state index in [0.29, 0.717) is 17.4 Å². The minimum absolute atomic E-state index is 0.136. The molecule has 4 aromatic rings. The van der Waals surface area contributed by atoms with Gasteiger partial charge in [0.1, 0.15) is 0 Å². The summed E-state index contributed by atoms with van der Waals surface area (Å²) in [4.78, 5) is 19.8. The number of carbonyl (C=O) groups is 1. The maximum atomic E-state index is 12.6. The Balaban J connectivity index is 1.23. The Morgan fingerprint density at radius 1 is 1.00 bits per heavy atom. The first kappa shape index (κ1) is 16.5. The second-order valence-electron chi connectivity index (χ2n) is 8.09. The lowest BCUT2D eigenvalue weighted by Crippen LogP contribution is -2.12. The number of H-pyrrole nitrogens is 1. The second-order valence-corrected chi connectivity index (χ2v) is 8.09. The molecule has 6 nitrogen and oxygen atoms in total. The predicted molar refractivity (Wildman–Crippen MR) is 112 cm³/mol. The summed E-state index contributed by atoms with van der Waals surface area (Å²) >= 11 is 0. The first-order chi connectivity index (χ1) is 14.2. The normalized spacial score (nSPS) is 16.3. The first-order valence-electron chi connectivity index (χ1n) is 10.2. The van der Waals surface area contributed by atoms with Gasteiger partial charge in [-0.3, -0.25) is 4.79 Å². The summed E-state index contributed by atoms with van der Waals surface area (Å²) < 4.78 is 2.10. The van der Waals surface area contributed by atoms with Crippen LogP contribution in [-0.2, 0) is 0 Å². The van der Waals surface area contributed by atoms with E-state index in [0.717, 1.165) is 22.4 Å². The van der Waals surface area contributed by atoms with Gasteiger partial charge in [-0.1, -0.05) is 0 Å². The fourth-order valence-electron chi connectivity index (χ4n) is 3.84. The van der Waals surface area contributed by atoms with Crippen LogP contribution in [0.5, 0.6) is 0 Å². The van der Waals surface area contributed by atoms with E-state index in [2.05, 4.69) is 26.0 Å². The number of rotatable bonds is 5. The number of anilines is 1. The van der Waals surface area contributed by atoms with Crippen LogP contribution < -0.4 is 5.32 Å². The molecule has 2 heterocycles. The number of benzene rings is 2. The maximum Gasteiger partial charge on any atom is 0.255 e. The van der Waals surface area contributed by atoms with Crippen LogP contribution in [0, 0.1) is 0 Å². The zero-order valence-corrected chi connectivity index (χ0v) is 15.9. The van der Waals surface area contributed by atoms with Gasteiger partial charge in [-0.15, -0.1) is 0 Å². The average Bonchev–Trinajstić information content (AvgIpc) is 3.68. The van der Waals surface area contributed by atoms with Crippen LogP contribution >= 0.6 is 0 Å². The van der Waals surface area contributed by atoms with Crippen LogP contribution in [-0.4, -0.2) is 25.7 Å². The molecular formula is C23H21N5O. The van der Waals surface area contributed by atoms with Crippen molar-refractivity contribution in [2.24, 2.45) is 0 Å². The number of imidazole rings is 1. The van der Waals surface area contributed by atoms with Crippen molar-refractivity contribution in [3.8, 4) is 5.69 Å². The smallest absolute Gasteiger partial charge is 0.255 e. The highest BCUT2D eigenvalue weighted by Gasteiger charge is 2.32. The Bertz CT molecular complexity index is 1210. The Hall–Kier alpha value is -3.41. The Morgan fingerprint density at radius 2 is 1.79 bits per heavy atom. The third-order valence-electron chi connectivity index (χ3n) is 5.80. The summed E-state index contributed by atoms with van der Waals surface area (Å²) in [6.07, 6.45) is 6.66. The van der Waals surface area contributed by atoms with Crippen LogP contribution in [0.25, 0.3) is 16.7 Å². The molecule has 2 aliphatic rings. The van der Waals surface area contributed by atoms with Crippen molar-refractivity contribution in [1.82, 2.24) is 19.7 Å². The number of hydrogen-bond acceptors (Lipinski definition) is 3. The fourth-order valence-corrected chi connectivity index (χ4v) is 3.84. The van der Waals surface area contributed by atoms with E-state index in [1.165, 1.54) is 37.1 Å². The average molecular weight is 383 g/mol. The summed E-state index contributed by atoms with van der Waals surface area (Å²) in [5.41, 5.74) is 6.69. The van der Waals surface area contributed by atoms with Gasteiger partial charge in [-0.2, -0.15) is 5.10 Å². The van der Waals surface area contributed by atoms with E-state index in [1.807, 2.05) is 36.4 Å². The van der Waals surface area contributed by atoms with Gasteiger partial charge in [0.25, 0.3) is 5.91 Å². The topological polar surface area (TPSA) is 75.6 Å². The van der Waals surface area contributed by atoms with E-state index in [1.54, 1.807) is 12.4 Å².